The van der Waals surface area contributed by atoms with Crippen LogP contribution in [-0.4, -0.2) is 44.1 Å². The van der Waals surface area contributed by atoms with Gasteiger partial charge in [0, 0.05) is 16.5 Å². The van der Waals surface area contributed by atoms with Crippen molar-refractivity contribution in [3.8, 4) is 5.75 Å². The fraction of sp³-hybridized carbons (Fsp3) is 0.318. The van der Waals surface area contributed by atoms with E-state index in [0.717, 1.165) is 55.0 Å². The number of aryl methyl sites for hydroxylation is 1. The Morgan fingerprint density at radius 3 is 2.59 bits per heavy atom. The third-order valence-corrected chi connectivity index (χ3v) is 5.39. The highest BCUT2D eigenvalue weighted by molar-refractivity contribution is 5.99. The molecule has 5 nitrogen and oxygen atoms in total. The summed E-state index contributed by atoms with van der Waals surface area (Å²) in [4.78, 5) is 16.4. The number of ether oxygens (including phenoxy) is 1. The summed E-state index contributed by atoms with van der Waals surface area (Å²) in [7, 11) is 1.64. The summed E-state index contributed by atoms with van der Waals surface area (Å²) in [5, 5.41) is 0.936. The van der Waals surface area contributed by atoms with Crippen LogP contribution in [-0.2, 0) is 6.54 Å². The van der Waals surface area contributed by atoms with Crippen LogP contribution in [0.3, 0.4) is 0 Å². The lowest BCUT2D eigenvalue weighted by Gasteiger charge is -2.31. The van der Waals surface area contributed by atoms with Gasteiger partial charge in [-0.3, -0.25) is 4.79 Å². The van der Waals surface area contributed by atoms with Gasteiger partial charge in [-0.2, -0.15) is 0 Å². The number of nitrogens with one attached hydrogen (secondary N) is 1. The molecule has 1 aliphatic rings. The molecule has 3 aromatic rings. The Labute approximate surface area is 159 Å². The van der Waals surface area contributed by atoms with Gasteiger partial charge in [0.15, 0.2) is 5.76 Å². The molecule has 1 aliphatic heterocycles. The second-order valence-electron chi connectivity index (χ2n) is 7.12. The first kappa shape index (κ1) is 17.6. The lowest BCUT2D eigenvalue weighted by Crippen LogP contribution is -3.13. The Morgan fingerprint density at radius 1 is 1.15 bits per heavy atom. The Bertz CT molecular complexity index is 941. The molecule has 0 saturated carbocycles. The zero-order valence-electron chi connectivity index (χ0n) is 15.8. The normalized spacial score (nSPS) is 15.3. The molecule has 0 bridgehead atoms. The van der Waals surface area contributed by atoms with Gasteiger partial charge in [0.25, 0.3) is 5.91 Å². The molecule has 0 atom stereocenters. The molecule has 5 heteroatoms. The second kappa shape index (κ2) is 7.45. The molecule has 1 saturated heterocycles. The van der Waals surface area contributed by atoms with Gasteiger partial charge in [0.2, 0.25) is 0 Å². The first-order valence-electron chi connectivity index (χ1n) is 9.39. The molecule has 0 spiro atoms. The van der Waals surface area contributed by atoms with Crippen molar-refractivity contribution in [2.45, 2.75) is 13.5 Å². The van der Waals surface area contributed by atoms with E-state index in [1.54, 1.807) is 7.11 Å². The minimum absolute atomic E-state index is 0.0126. The molecule has 140 valence electrons. The van der Waals surface area contributed by atoms with E-state index < -0.39 is 0 Å². The number of piperazine rings is 1. The van der Waals surface area contributed by atoms with E-state index in [1.165, 1.54) is 10.5 Å². The van der Waals surface area contributed by atoms with Crippen LogP contribution >= 0.6 is 0 Å². The highest BCUT2D eigenvalue weighted by Gasteiger charge is 2.28. The third kappa shape index (κ3) is 3.55. The van der Waals surface area contributed by atoms with Gasteiger partial charge in [-0.15, -0.1) is 0 Å². The number of furan rings is 1. The van der Waals surface area contributed by atoms with E-state index in [-0.39, 0.29) is 5.91 Å². The monoisotopic (exact) mass is 365 g/mol. The molecular weight excluding hydrogens is 340 g/mol. The maximum atomic E-state index is 13.0. The number of quaternary nitrogens is 1. The van der Waals surface area contributed by atoms with Crippen molar-refractivity contribution in [1.82, 2.24) is 4.90 Å². The number of nitrogens with zero attached hydrogens (tertiary/aromatic N) is 1. The van der Waals surface area contributed by atoms with Crippen molar-refractivity contribution in [3.63, 3.8) is 0 Å². The molecule has 1 fully saturated rings. The molecule has 4 rings (SSSR count). The van der Waals surface area contributed by atoms with Crippen molar-refractivity contribution < 1.29 is 18.8 Å². The number of hydrogen-bond acceptors (Lipinski definition) is 3. The zero-order chi connectivity index (χ0) is 18.8. The van der Waals surface area contributed by atoms with Crippen LogP contribution in [0.1, 0.15) is 21.7 Å². The minimum Gasteiger partial charge on any atom is -0.497 e. The van der Waals surface area contributed by atoms with Gasteiger partial charge >= 0.3 is 0 Å². The van der Waals surface area contributed by atoms with Crippen molar-refractivity contribution in [2.24, 2.45) is 0 Å². The third-order valence-electron chi connectivity index (χ3n) is 5.39. The number of amides is 1. The van der Waals surface area contributed by atoms with E-state index in [4.69, 9.17) is 9.15 Å². The molecule has 1 N–H and O–H groups in total. The second-order valence-corrected chi connectivity index (χ2v) is 7.12. The standard InChI is InChI=1S/C22H24N2O3/c1-16-19-14-18(26-2)8-9-20(19)27-21(16)22(25)24-12-10-23(11-13-24)15-17-6-4-3-5-7-17/h3-9,14H,10-13,15H2,1-2H3/p+1. The van der Waals surface area contributed by atoms with Crippen molar-refractivity contribution in [1.29, 1.82) is 0 Å². The van der Waals surface area contributed by atoms with Gasteiger partial charge in [-0.25, -0.2) is 0 Å². The zero-order valence-corrected chi connectivity index (χ0v) is 15.8. The minimum atomic E-state index is -0.0126. The van der Waals surface area contributed by atoms with Crippen molar-refractivity contribution in [3.05, 3.63) is 65.4 Å². The number of rotatable bonds is 4. The number of benzene rings is 2. The van der Waals surface area contributed by atoms with Crippen LogP contribution in [0.15, 0.2) is 52.9 Å². The van der Waals surface area contributed by atoms with E-state index >= 15 is 0 Å². The highest BCUT2D eigenvalue weighted by Crippen LogP contribution is 2.29. The summed E-state index contributed by atoms with van der Waals surface area (Å²) >= 11 is 0. The van der Waals surface area contributed by atoms with Gasteiger partial charge in [0.05, 0.1) is 33.3 Å². The van der Waals surface area contributed by atoms with Crippen LogP contribution in [0.2, 0.25) is 0 Å². The van der Waals surface area contributed by atoms with E-state index in [1.807, 2.05) is 36.1 Å². The van der Waals surface area contributed by atoms with E-state index in [2.05, 4.69) is 24.3 Å². The average molecular weight is 365 g/mol. The Kier molecular flexibility index (Phi) is 4.86. The fourth-order valence-electron chi connectivity index (χ4n) is 3.76. The molecule has 0 aliphatic carbocycles. The molecular formula is C22H25N2O3+. The van der Waals surface area contributed by atoms with Crippen LogP contribution in [0.25, 0.3) is 11.0 Å². The summed E-state index contributed by atoms with van der Waals surface area (Å²) in [6.45, 7) is 6.35. The summed E-state index contributed by atoms with van der Waals surface area (Å²) < 4.78 is 11.2. The number of carbonyl (C=O) groups is 1. The van der Waals surface area contributed by atoms with Crippen molar-refractivity contribution >= 4 is 16.9 Å². The Morgan fingerprint density at radius 2 is 1.89 bits per heavy atom. The van der Waals surface area contributed by atoms with Gasteiger partial charge < -0.3 is 19.0 Å². The van der Waals surface area contributed by atoms with E-state index in [9.17, 15) is 4.79 Å². The first-order chi connectivity index (χ1) is 13.2. The molecule has 1 amide bonds. The van der Waals surface area contributed by atoms with Crippen LogP contribution in [0, 0.1) is 6.92 Å². The van der Waals surface area contributed by atoms with Crippen LogP contribution in [0.5, 0.6) is 5.75 Å². The number of hydrogen-bond donors (Lipinski definition) is 1. The molecule has 0 unspecified atom stereocenters. The largest absolute Gasteiger partial charge is 0.497 e. The Balaban J connectivity index is 1.45. The summed E-state index contributed by atoms with van der Waals surface area (Å²) in [5.41, 5.74) is 2.95. The predicted octanol–water partition coefficient (Wildman–Crippen LogP) is 2.29. The highest BCUT2D eigenvalue weighted by atomic mass is 16.5. The van der Waals surface area contributed by atoms with E-state index in [0.29, 0.717) is 5.76 Å². The maximum absolute atomic E-state index is 13.0. The van der Waals surface area contributed by atoms with Crippen LogP contribution < -0.4 is 9.64 Å². The molecule has 1 aromatic heterocycles. The number of fused-ring (bicyclic) bond motifs is 1. The SMILES string of the molecule is COc1ccc2oc(C(=O)N3CC[NH+](Cc4ccccc4)CC3)c(C)c2c1. The maximum Gasteiger partial charge on any atom is 0.290 e. The first-order valence-corrected chi connectivity index (χ1v) is 9.39. The smallest absolute Gasteiger partial charge is 0.290 e. The van der Waals surface area contributed by atoms with Crippen LogP contribution in [0.4, 0.5) is 0 Å². The molecule has 2 aromatic carbocycles. The topological polar surface area (TPSA) is 47.1 Å². The molecule has 27 heavy (non-hydrogen) atoms. The average Bonchev–Trinajstić information content (AvgIpc) is 3.05. The lowest BCUT2D eigenvalue weighted by molar-refractivity contribution is -0.917. The lowest BCUT2D eigenvalue weighted by atomic mass is 10.1. The van der Waals surface area contributed by atoms with Gasteiger partial charge in [-0.05, 0) is 25.1 Å². The summed E-state index contributed by atoms with van der Waals surface area (Å²) in [5.74, 6) is 1.20. The molecule has 0 radical (unpaired) electrons. The predicted molar refractivity (Wildman–Crippen MR) is 104 cm³/mol. The van der Waals surface area contributed by atoms with Gasteiger partial charge in [0.1, 0.15) is 17.9 Å². The Hall–Kier alpha value is -2.79. The quantitative estimate of drug-likeness (QED) is 0.772. The van der Waals surface area contributed by atoms with Crippen molar-refractivity contribution in [2.75, 3.05) is 33.3 Å². The number of methoxy groups -OCH3 is 1. The summed E-state index contributed by atoms with van der Waals surface area (Å²) in [6, 6.07) is 16.2. The summed E-state index contributed by atoms with van der Waals surface area (Å²) in [6.07, 6.45) is 0. The fourth-order valence-corrected chi connectivity index (χ4v) is 3.76. The molecule has 2 heterocycles. The number of carbonyl (C=O) groups excluding carboxylic acids is 1. The van der Waals surface area contributed by atoms with Gasteiger partial charge in [-0.1, -0.05) is 30.3 Å².